The number of nitrogens with zero attached hydrogens (tertiary/aromatic N) is 1. The summed E-state index contributed by atoms with van der Waals surface area (Å²) in [6.07, 6.45) is 1.10. The average molecular weight is 253 g/mol. The fourth-order valence-corrected chi connectivity index (χ4v) is 1.04. The van der Waals surface area contributed by atoms with E-state index in [4.69, 9.17) is 5.11 Å². The summed E-state index contributed by atoms with van der Waals surface area (Å²) in [6.45, 7) is -0.143. The summed E-state index contributed by atoms with van der Waals surface area (Å²) in [6, 6.07) is 1.51. The van der Waals surface area contributed by atoms with E-state index in [-0.39, 0.29) is 12.4 Å². The number of halogens is 2. The van der Waals surface area contributed by atoms with Crippen LogP contribution in [0.3, 0.4) is 0 Å². The van der Waals surface area contributed by atoms with Crippen molar-refractivity contribution in [1.82, 2.24) is 4.98 Å². The molecule has 0 amide bonds. The van der Waals surface area contributed by atoms with Gasteiger partial charge in [0.15, 0.2) is 5.82 Å². The number of pyridine rings is 1. The van der Waals surface area contributed by atoms with E-state index in [1.54, 1.807) is 0 Å². The molecule has 1 aromatic rings. The third kappa shape index (κ3) is 1.63. The molecule has 1 aromatic heterocycles. The molecule has 0 aliphatic heterocycles. The maximum Gasteiger partial charge on any atom is 0.154 e. The van der Waals surface area contributed by atoms with Crippen molar-refractivity contribution in [3.05, 3.63) is 27.3 Å². The smallest absolute Gasteiger partial charge is 0.154 e. The van der Waals surface area contributed by atoms with Crippen LogP contribution in [0.15, 0.2) is 12.3 Å². The van der Waals surface area contributed by atoms with Crippen molar-refractivity contribution >= 4 is 22.6 Å². The van der Waals surface area contributed by atoms with Gasteiger partial charge in [-0.05, 0) is 28.7 Å². The number of aliphatic hydroxyl groups is 1. The van der Waals surface area contributed by atoms with Crippen LogP contribution in [-0.4, -0.2) is 10.1 Å². The highest BCUT2D eigenvalue weighted by Gasteiger charge is 1.99. The Kier molecular flexibility index (Phi) is 2.56. The first kappa shape index (κ1) is 7.87. The van der Waals surface area contributed by atoms with Crippen LogP contribution < -0.4 is 0 Å². The molecule has 0 aliphatic rings. The third-order valence-corrected chi connectivity index (χ3v) is 1.85. The van der Waals surface area contributed by atoms with Crippen LogP contribution >= 0.6 is 22.6 Å². The standard InChI is InChI=1S/C6H5FINO/c7-5-2-9-4(3-10)1-6(5)8/h1-2,10H,3H2. The zero-order valence-corrected chi connectivity index (χ0v) is 7.17. The topological polar surface area (TPSA) is 33.1 Å². The van der Waals surface area contributed by atoms with E-state index in [1.165, 1.54) is 6.07 Å². The van der Waals surface area contributed by atoms with Gasteiger partial charge in [0.25, 0.3) is 0 Å². The molecule has 0 aromatic carbocycles. The first-order valence-electron chi connectivity index (χ1n) is 2.65. The van der Waals surface area contributed by atoms with Crippen LogP contribution in [0.2, 0.25) is 0 Å². The fourth-order valence-electron chi connectivity index (χ4n) is 0.540. The second kappa shape index (κ2) is 3.25. The minimum atomic E-state index is -0.349. The Balaban J connectivity index is 3.04. The third-order valence-electron chi connectivity index (χ3n) is 1.03. The van der Waals surface area contributed by atoms with Gasteiger partial charge < -0.3 is 5.11 Å². The lowest BCUT2D eigenvalue weighted by atomic mass is 10.4. The van der Waals surface area contributed by atoms with Gasteiger partial charge in [0.2, 0.25) is 0 Å². The second-order valence-electron chi connectivity index (χ2n) is 1.75. The van der Waals surface area contributed by atoms with Gasteiger partial charge in [0.05, 0.1) is 22.1 Å². The van der Waals surface area contributed by atoms with Crippen molar-refractivity contribution in [2.45, 2.75) is 6.61 Å². The van der Waals surface area contributed by atoms with E-state index in [1.807, 2.05) is 22.6 Å². The van der Waals surface area contributed by atoms with Crippen molar-refractivity contribution in [3.8, 4) is 0 Å². The maximum absolute atomic E-state index is 12.5. The Morgan fingerprint density at radius 2 is 2.40 bits per heavy atom. The van der Waals surface area contributed by atoms with Crippen molar-refractivity contribution in [2.24, 2.45) is 0 Å². The van der Waals surface area contributed by atoms with Crippen LogP contribution in [0.4, 0.5) is 4.39 Å². The van der Waals surface area contributed by atoms with Crippen LogP contribution in [0.1, 0.15) is 5.69 Å². The van der Waals surface area contributed by atoms with Gasteiger partial charge >= 0.3 is 0 Å². The lowest BCUT2D eigenvalue weighted by Crippen LogP contribution is -1.91. The van der Waals surface area contributed by atoms with E-state index in [0.717, 1.165) is 6.20 Å². The quantitative estimate of drug-likeness (QED) is 0.765. The largest absolute Gasteiger partial charge is 0.390 e. The van der Waals surface area contributed by atoms with Crippen molar-refractivity contribution < 1.29 is 9.50 Å². The van der Waals surface area contributed by atoms with Crippen LogP contribution in [0, 0.1) is 9.39 Å². The van der Waals surface area contributed by atoms with Crippen LogP contribution in [0.25, 0.3) is 0 Å². The molecule has 2 nitrogen and oxygen atoms in total. The molecule has 1 heterocycles. The molecular weight excluding hydrogens is 248 g/mol. The molecule has 0 aliphatic carbocycles. The summed E-state index contributed by atoms with van der Waals surface area (Å²) in [5.74, 6) is -0.349. The fraction of sp³-hybridized carbons (Fsp3) is 0.167. The van der Waals surface area contributed by atoms with Gasteiger partial charge in [0, 0.05) is 0 Å². The molecule has 0 unspecified atom stereocenters. The van der Waals surface area contributed by atoms with Crippen molar-refractivity contribution in [2.75, 3.05) is 0 Å². The lowest BCUT2D eigenvalue weighted by Gasteiger charge is -1.95. The lowest BCUT2D eigenvalue weighted by molar-refractivity contribution is 0.276. The predicted octanol–water partition coefficient (Wildman–Crippen LogP) is 1.32. The first-order chi connectivity index (χ1) is 4.74. The molecule has 0 bridgehead atoms. The summed E-state index contributed by atoms with van der Waals surface area (Å²) in [4.78, 5) is 3.63. The minimum absolute atomic E-state index is 0.143. The van der Waals surface area contributed by atoms with Crippen molar-refractivity contribution in [1.29, 1.82) is 0 Å². The molecule has 0 spiro atoms. The molecule has 1 N–H and O–H groups in total. The summed E-state index contributed by atoms with van der Waals surface area (Å²) in [5, 5.41) is 8.56. The van der Waals surface area contributed by atoms with Gasteiger partial charge in [0.1, 0.15) is 0 Å². The van der Waals surface area contributed by atoms with E-state index in [9.17, 15) is 4.39 Å². The Labute approximate surface area is 71.2 Å². The van der Waals surface area contributed by atoms with Gasteiger partial charge in [-0.15, -0.1) is 0 Å². The number of hydrogen-bond donors (Lipinski definition) is 1. The molecule has 0 atom stereocenters. The number of aromatic nitrogens is 1. The molecule has 1 rings (SSSR count). The summed E-state index contributed by atoms with van der Waals surface area (Å²) in [5.41, 5.74) is 0.491. The summed E-state index contributed by atoms with van der Waals surface area (Å²) >= 11 is 1.85. The summed E-state index contributed by atoms with van der Waals surface area (Å²) in [7, 11) is 0. The van der Waals surface area contributed by atoms with Crippen LogP contribution in [0.5, 0.6) is 0 Å². The number of aliphatic hydroxyl groups excluding tert-OH is 1. The van der Waals surface area contributed by atoms with Crippen LogP contribution in [-0.2, 0) is 6.61 Å². The normalized spacial score (nSPS) is 9.90. The van der Waals surface area contributed by atoms with E-state index in [0.29, 0.717) is 9.26 Å². The molecule has 54 valence electrons. The Morgan fingerprint density at radius 3 is 2.90 bits per heavy atom. The van der Waals surface area contributed by atoms with E-state index >= 15 is 0 Å². The zero-order valence-electron chi connectivity index (χ0n) is 5.01. The summed E-state index contributed by atoms with van der Waals surface area (Å²) < 4.78 is 13.0. The van der Waals surface area contributed by atoms with Gasteiger partial charge in [-0.25, -0.2) is 4.39 Å². The Bertz CT molecular complexity index is 241. The number of hydrogen-bond acceptors (Lipinski definition) is 2. The number of rotatable bonds is 1. The zero-order chi connectivity index (χ0) is 7.56. The van der Waals surface area contributed by atoms with Gasteiger partial charge in [-0.2, -0.15) is 0 Å². The molecule has 4 heteroatoms. The SMILES string of the molecule is OCc1cc(I)c(F)cn1. The van der Waals surface area contributed by atoms with Crippen molar-refractivity contribution in [3.63, 3.8) is 0 Å². The second-order valence-corrected chi connectivity index (χ2v) is 2.91. The van der Waals surface area contributed by atoms with Gasteiger partial charge in [-0.3, -0.25) is 4.98 Å². The van der Waals surface area contributed by atoms with E-state index < -0.39 is 0 Å². The minimum Gasteiger partial charge on any atom is -0.390 e. The molecule has 0 saturated carbocycles. The molecule has 0 fully saturated rings. The molecule has 10 heavy (non-hydrogen) atoms. The Morgan fingerprint density at radius 1 is 1.70 bits per heavy atom. The van der Waals surface area contributed by atoms with Gasteiger partial charge in [-0.1, -0.05) is 0 Å². The monoisotopic (exact) mass is 253 g/mol. The molecule has 0 saturated heterocycles. The maximum atomic E-state index is 12.5. The highest BCUT2D eigenvalue weighted by atomic mass is 127. The highest BCUT2D eigenvalue weighted by molar-refractivity contribution is 14.1. The average Bonchev–Trinajstić information content (AvgIpc) is 1.95. The molecule has 0 radical (unpaired) electrons. The Hall–Kier alpha value is -0.230. The first-order valence-corrected chi connectivity index (χ1v) is 3.72. The predicted molar refractivity (Wildman–Crippen MR) is 42.8 cm³/mol. The van der Waals surface area contributed by atoms with E-state index in [2.05, 4.69) is 4.98 Å². The molecular formula is C6H5FINO. The highest BCUT2D eigenvalue weighted by Crippen LogP contribution is 2.09.